The molecule has 0 radical (unpaired) electrons. The van der Waals surface area contributed by atoms with Crippen LogP contribution in [0.3, 0.4) is 0 Å². The lowest BCUT2D eigenvalue weighted by molar-refractivity contribution is 0.431. The molecular formula is C18H18BrN3O. The van der Waals surface area contributed by atoms with E-state index in [4.69, 9.17) is 0 Å². The van der Waals surface area contributed by atoms with Gasteiger partial charge >= 0.3 is 0 Å². The summed E-state index contributed by atoms with van der Waals surface area (Å²) in [6.07, 6.45) is 9.92. The highest BCUT2D eigenvalue weighted by Crippen LogP contribution is 2.39. The summed E-state index contributed by atoms with van der Waals surface area (Å²) in [5, 5.41) is 14.4. The summed E-state index contributed by atoms with van der Waals surface area (Å²) >= 11 is 3.53. The van der Waals surface area contributed by atoms with E-state index >= 15 is 0 Å². The lowest BCUT2D eigenvalue weighted by atomic mass is 9.84. The van der Waals surface area contributed by atoms with E-state index in [9.17, 15) is 5.11 Å². The van der Waals surface area contributed by atoms with Crippen LogP contribution in [0.15, 0.2) is 41.1 Å². The van der Waals surface area contributed by atoms with Crippen LogP contribution < -0.4 is 0 Å². The van der Waals surface area contributed by atoms with Gasteiger partial charge in [-0.05, 0) is 46.5 Å². The zero-order valence-corrected chi connectivity index (χ0v) is 14.3. The minimum absolute atomic E-state index is 0.277. The van der Waals surface area contributed by atoms with E-state index < -0.39 is 0 Å². The van der Waals surface area contributed by atoms with Crippen molar-refractivity contribution in [3.63, 3.8) is 0 Å². The number of aromatic nitrogens is 3. The predicted molar refractivity (Wildman–Crippen MR) is 93.6 cm³/mol. The molecule has 4 nitrogen and oxygen atoms in total. The van der Waals surface area contributed by atoms with Crippen LogP contribution in [-0.2, 0) is 0 Å². The largest absolute Gasteiger partial charge is 0.508 e. The number of rotatable bonds is 2. The average Bonchev–Trinajstić information content (AvgIpc) is 2.96. The molecule has 1 saturated carbocycles. The van der Waals surface area contributed by atoms with Crippen molar-refractivity contribution >= 4 is 21.6 Å². The summed E-state index contributed by atoms with van der Waals surface area (Å²) < 4.78 is 2.89. The number of nitrogens with zero attached hydrogens (tertiary/aromatic N) is 3. The van der Waals surface area contributed by atoms with Crippen molar-refractivity contribution in [1.29, 1.82) is 0 Å². The zero-order chi connectivity index (χ0) is 15.8. The van der Waals surface area contributed by atoms with Crippen LogP contribution in [0.1, 0.15) is 43.7 Å². The van der Waals surface area contributed by atoms with E-state index in [-0.39, 0.29) is 5.75 Å². The minimum Gasteiger partial charge on any atom is -0.508 e. The van der Waals surface area contributed by atoms with Gasteiger partial charge in [0, 0.05) is 17.7 Å². The Balaban J connectivity index is 1.95. The number of hydrogen-bond acceptors (Lipinski definition) is 3. The van der Waals surface area contributed by atoms with Crippen LogP contribution in [0, 0.1) is 0 Å². The number of benzene rings is 1. The lowest BCUT2D eigenvalue weighted by Gasteiger charge is -2.24. The second kappa shape index (κ2) is 5.96. The van der Waals surface area contributed by atoms with E-state index in [2.05, 4.69) is 26.0 Å². The molecule has 118 valence electrons. The van der Waals surface area contributed by atoms with Crippen molar-refractivity contribution in [3.05, 3.63) is 46.8 Å². The predicted octanol–water partition coefficient (Wildman–Crippen LogP) is 4.91. The minimum atomic E-state index is 0.277. The van der Waals surface area contributed by atoms with Crippen molar-refractivity contribution in [2.75, 3.05) is 0 Å². The van der Waals surface area contributed by atoms with E-state index in [1.54, 1.807) is 18.3 Å². The van der Waals surface area contributed by atoms with Gasteiger partial charge in [0.2, 0.25) is 0 Å². The highest BCUT2D eigenvalue weighted by atomic mass is 79.9. The molecule has 0 atom stereocenters. The molecule has 1 aromatic carbocycles. The number of fused-ring (bicyclic) bond motifs is 1. The Hall–Kier alpha value is -1.88. The van der Waals surface area contributed by atoms with Gasteiger partial charge in [0.05, 0.1) is 16.4 Å². The topological polar surface area (TPSA) is 50.4 Å². The molecule has 0 unspecified atom stereocenters. The normalized spacial score (nSPS) is 16.0. The van der Waals surface area contributed by atoms with Crippen molar-refractivity contribution in [3.8, 4) is 16.9 Å². The average molecular weight is 372 g/mol. The van der Waals surface area contributed by atoms with Crippen LogP contribution in [-0.4, -0.2) is 19.7 Å². The Labute approximate surface area is 143 Å². The van der Waals surface area contributed by atoms with E-state index in [0.717, 1.165) is 21.2 Å². The second-order valence-corrected chi connectivity index (χ2v) is 7.02. The number of phenolic OH excluding ortho intramolecular Hbond substituents is 1. The first-order valence-corrected chi connectivity index (χ1v) is 8.85. The molecular weight excluding hydrogens is 354 g/mol. The molecule has 2 heterocycles. The Morgan fingerprint density at radius 1 is 1.13 bits per heavy atom. The maximum atomic E-state index is 9.84. The number of halogens is 1. The number of aromatic hydroxyl groups is 1. The Kier molecular flexibility index (Phi) is 3.81. The summed E-state index contributed by atoms with van der Waals surface area (Å²) in [5.41, 5.74) is 4.13. The highest BCUT2D eigenvalue weighted by Gasteiger charge is 2.24. The van der Waals surface area contributed by atoms with Gasteiger partial charge in [0.15, 0.2) is 5.65 Å². The van der Waals surface area contributed by atoms with Gasteiger partial charge in [0.25, 0.3) is 0 Å². The SMILES string of the molecule is Oc1cccc(-c2cnc3c(Br)cnn3c2C2CCCCC2)c1. The van der Waals surface area contributed by atoms with Crippen LogP contribution in [0.25, 0.3) is 16.8 Å². The summed E-state index contributed by atoms with van der Waals surface area (Å²) in [7, 11) is 0. The molecule has 1 aliphatic carbocycles. The number of hydrogen-bond donors (Lipinski definition) is 1. The lowest BCUT2D eigenvalue weighted by Crippen LogP contribution is -2.12. The van der Waals surface area contributed by atoms with Gasteiger partial charge in [0.1, 0.15) is 5.75 Å². The van der Waals surface area contributed by atoms with Crippen molar-refractivity contribution < 1.29 is 5.11 Å². The quantitative estimate of drug-likeness (QED) is 0.695. The summed E-state index contributed by atoms with van der Waals surface area (Å²) in [6, 6.07) is 7.39. The summed E-state index contributed by atoms with van der Waals surface area (Å²) in [5.74, 6) is 0.761. The molecule has 1 fully saturated rings. The Morgan fingerprint density at radius 3 is 2.74 bits per heavy atom. The van der Waals surface area contributed by atoms with Crippen LogP contribution >= 0.6 is 15.9 Å². The molecule has 1 aliphatic rings. The molecule has 4 rings (SSSR count). The Morgan fingerprint density at radius 2 is 1.96 bits per heavy atom. The fourth-order valence-corrected chi connectivity index (χ4v) is 3.95. The first-order valence-electron chi connectivity index (χ1n) is 8.05. The van der Waals surface area contributed by atoms with Gasteiger partial charge < -0.3 is 5.11 Å². The fraction of sp³-hybridized carbons (Fsp3) is 0.333. The molecule has 1 N–H and O–H groups in total. The first kappa shape index (κ1) is 14.7. The molecule has 0 spiro atoms. The van der Waals surface area contributed by atoms with Gasteiger partial charge in [-0.15, -0.1) is 0 Å². The third-order valence-electron chi connectivity index (χ3n) is 4.67. The third kappa shape index (κ3) is 2.63. The van der Waals surface area contributed by atoms with Gasteiger partial charge in [-0.3, -0.25) is 0 Å². The zero-order valence-electron chi connectivity index (χ0n) is 12.7. The summed E-state index contributed by atoms with van der Waals surface area (Å²) in [4.78, 5) is 4.57. The van der Waals surface area contributed by atoms with E-state index in [1.807, 2.05) is 22.8 Å². The molecule has 5 heteroatoms. The van der Waals surface area contributed by atoms with Crippen molar-refractivity contribution in [1.82, 2.24) is 14.6 Å². The standard InChI is InChI=1S/C18H18BrN3O/c19-16-11-21-22-17(12-5-2-1-3-6-12)15(10-20-18(16)22)13-7-4-8-14(23)9-13/h4,7-12,23H,1-3,5-6H2. The molecule has 0 bridgehead atoms. The molecule has 3 aromatic rings. The smallest absolute Gasteiger partial charge is 0.169 e. The highest BCUT2D eigenvalue weighted by molar-refractivity contribution is 9.10. The van der Waals surface area contributed by atoms with Gasteiger partial charge in [-0.25, -0.2) is 9.50 Å². The molecule has 0 aliphatic heterocycles. The molecule has 0 amide bonds. The van der Waals surface area contributed by atoms with Gasteiger partial charge in [-0.1, -0.05) is 31.4 Å². The van der Waals surface area contributed by atoms with Crippen LogP contribution in [0.5, 0.6) is 5.75 Å². The molecule has 0 saturated heterocycles. The number of phenols is 1. The van der Waals surface area contributed by atoms with Crippen molar-refractivity contribution in [2.24, 2.45) is 0 Å². The first-order chi connectivity index (χ1) is 11.2. The van der Waals surface area contributed by atoms with Crippen molar-refractivity contribution in [2.45, 2.75) is 38.0 Å². The third-order valence-corrected chi connectivity index (χ3v) is 5.23. The second-order valence-electron chi connectivity index (χ2n) is 6.17. The summed E-state index contributed by atoms with van der Waals surface area (Å²) in [6.45, 7) is 0. The van der Waals surface area contributed by atoms with E-state index in [1.165, 1.54) is 37.8 Å². The monoisotopic (exact) mass is 371 g/mol. The van der Waals surface area contributed by atoms with E-state index in [0.29, 0.717) is 5.92 Å². The fourth-order valence-electron chi connectivity index (χ4n) is 3.59. The Bertz CT molecular complexity index is 853. The van der Waals surface area contributed by atoms with Crippen LogP contribution in [0.2, 0.25) is 0 Å². The molecule has 23 heavy (non-hydrogen) atoms. The maximum absolute atomic E-state index is 9.84. The van der Waals surface area contributed by atoms with Gasteiger partial charge in [-0.2, -0.15) is 5.10 Å². The molecule has 2 aromatic heterocycles. The maximum Gasteiger partial charge on any atom is 0.169 e. The van der Waals surface area contributed by atoms with Crippen LogP contribution in [0.4, 0.5) is 0 Å².